The molecule has 0 fully saturated rings. The molecule has 1 atom stereocenters. The molecule has 0 saturated heterocycles. The summed E-state index contributed by atoms with van der Waals surface area (Å²) in [5, 5.41) is 11.7. The minimum Gasteiger partial charge on any atom is -0.497 e. The Morgan fingerprint density at radius 3 is 2.66 bits per heavy atom. The van der Waals surface area contributed by atoms with Crippen LogP contribution in [0.5, 0.6) is 11.5 Å². The number of nitrogens with one attached hydrogen (secondary N) is 1. The molecule has 168 valence electrons. The number of halogens is 2. The summed E-state index contributed by atoms with van der Waals surface area (Å²) >= 11 is 6.92. The topological polar surface area (TPSA) is 78.3 Å². The molecule has 0 aliphatic rings. The van der Waals surface area contributed by atoms with Gasteiger partial charge in [0.1, 0.15) is 17.3 Å². The molecule has 0 spiro atoms. The summed E-state index contributed by atoms with van der Waals surface area (Å²) in [6.07, 6.45) is 1.31. The van der Waals surface area contributed by atoms with Crippen LogP contribution in [0.15, 0.2) is 60.3 Å². The molecule has 7 nitrogen and oxygen atoms in total. The van der Waals surface area contributed by atoms with Crippen LogP contribution in [0.1, 0.15) is 18.9 Å². The molecule has 1 heterocycles. The lowest BCUT2D eigenvalue weighted by Crippen LogP contribution is -2.16. The number of ether oxygens (including phenoxy) is 2. The summed E-state index contributed by atoms with van der Waals surface area (Å²) in [6, 6.07) is 11.3. The largest absolute Gasteiger partial charge is 0.497 e. The first-order chi connectivity index (χ1) is 15.4. The summed E-state index contributed by atoms with van der Waals surface area (Å²) in [7, 11) is 1.60. The highest BCUT2D eigenvalue weighted by Crippen LogP contribution is 2.26. The number of methoxy groups -OCH3 is 1. The number of aromatic nitrogens is 3. The molecule has 1 N–H and O–H groups in total. The SMILES string of the molecule is C=CCn1c(SCC(=O)Nc2ccc(Cl)cc2F)nnc1C(C)Oc1ccc(OC)cc1. The number of allylic oxidation sites excluding steroid dienone is 1. The smallest absolute Gasteiger partial charge is 0.234 e. The van der Waals surface area contributed by atoms with Gasteiger partial charge in [-0.25, -0.2) is 4.39 Å². The van der Waals surface area contributed by atoms with Crippen LogP contribution in [0.2, 0.25) is 5.02 Å². The highest BCUT2D eigenvalue weighted by atomic mass is 35.5. The third-order valence-electron chi connectivity index (χ3n) is 4.33. The summed E-state index contributed by atoms with van der Waals surface area (Å²) in [5.74, 6) is 1.02. The third kappa shape index (κ3) is 6.02. The van der Waals surface area contributed by atoms with Crippen molar-refractivity contribution in [2.75, 3.05) is 18.2 Å². The van der Waals surface area contributed by atoms with Crippen LogP contribution in [0.25, 0.3) is 0 Å². The van der Waals surface area contributed by atoms with Crippen LogP contribution in [-0.4, -0.2) is 33.5 Å². The Morgan fingerprint density at radius 1 is 1.28 bits per heavy atom. The molecule has 0 saturated carbocycles. The summed E-state index contributed by atoms with van der Waals surface area (Å²) < 4.78 is 26.8. The molecular formula is C22H22ClFN4O3S. The van der Waals surface area contributed by atoms with Crippen LogP contribution in [0, 0.1) is 5.82 Å². The van der Waals surface area contributed by atoms with Crippen LogP contribution < -0.4 is 14.8 Å². The van der Waals surface area contributed by atoms with Crippen molar-refractivity contribution in [2.45, 2.75) is 24.7 Å². The molecule has 0 radical (unpaired) electrons. The van der Waals surface area contributed by atoms with E-state index in [1.54, 1.807) is 37.5 Å². The maximum atomic E-state index is 13.9. The lowest BCUT2D eigenvalue weighted by molar-refractivity contribution is -0.113. The molecule has 0 bridgehead atoms. The Labute approximate surface area is 194 Å². The van der Waals surface area contributed by atoms with Crippen molar-refractivity contribution in [3.63, 3.8) is 0 Å². The van der Waals surface area contributed by atoms with Crippen molar-refractivity contribution < 1.29 is 18.7 Å². The van der Waals surface area contributed by atoms with Crippen molar-refractivity contribution in [3.05, 3.63) is 71.8 Å². The van der Waals surface area contributed by atoms with Gasteiger partial charge in [-0.05, 0) is 49.4 Å². The minimum absolute atomic E-state index is 0.0189. The number of thioether (sulfide) groups is 1. The summed E-state index contributed by atoms with van der Waals surface area (Å²) in [6.45, 7) is 6.07. The maximum Gasteiger partial charge on any atom is 0.234 e. The van der Waals surface area contributed by atoms with Crippen LogP contribution in [0.4, 0.5) is 10.1 Å². The fourth-order valence-electron chi connectivity index (χ4n) is 2.83. The highest BCUT2D eigenvalue weighted by molar-refractivity contribution is 7.99. The predicted molar refractivity (Wildman–Crippen MR) is 123 cm³/mol. The predicted octanol–water partition coefficient (Wildman–Crippen LogP) is 5.14. The summed E-state index contributed by atoms with van der Waals surface area (Å²) in [5.41, 5.74) is 0.0646. The normalized spacial score (nSPS) is 11.6. The third-order valence-corrected chi connectivity index (χ3v) is 5.53. The van der Waals surface area contributed by atoms with Gasteiger partial charge in [-0.2, -0.15) is 0 Å². The van der Waals surface area contributed by atoms with E-state index in [1.165, 1.54) is 23.9 Å². The highest BCUT2D eigenvalue weighted by Gasteiger charge is 2.20. The molecule has 0 aliphatic carbocycles. The quantitative estimate of drug-likeness (QED) is 0.322. The van der Waals surface area contributed by atoms with Gasteiger partial charge < -0.3 is 14.8 Å². The van der Waals surface area contributed by atoms with Crippen LogP contribution >= 0.6 is 23.4 Å². The van der Waals surface area contributed by atoms with E-state index >= 15 is 0 Å². The lowest BCUT2D eigenvalue weighted by atomic mass is 10.3. The number of anilines is 1. The van der Waals surface area contributed by atoms with Gasteiger partial charge in [0.05, 0.1) is 18.6 Å². The van der Waals surface area contributed by atoms with Gasteiger partial charge in [0.2, 0.25) is 5.91 Å². The Balaban J connectivity index is 1.66. The Hall–Kier alpha value is -3.04. The van der Waals surface area contributed by atoms with Gasteiger partial charge in [-0.3, -0.25) is 9.36 Å². The van der Waals surface area contributed by atoms with Crippen molar-refractivity contribution in [2.24, 2.45) is 0 Å². The van der Waals surface area contributed by atoms with Gasteiger partial charge in [-0.1, -0.05) is 29.4 Å². The average molecular weight is 477 g/mol. The zero-order valence-corrected chi connectivity index (χ0v) is 19.1. The van der Waals surface area contributed by atoms with Crippen molar-refractivity contribution >= 4 is 35.0 Å². The number of rotatable bonds is 10. The number of nitrogens with zero attached hydrogens (tertiary/aromatic N) is 3. The van der Waals surface area contributed by atoms with E-state index in [2.05, 4.69) is 22.1 Å². The van der Waals surface area contributed by atoms with E-state index in [1.807, 2.05) is 11.5 Å². The van der Waals surface area contributed by atoms with E-state index in [0.717, 1.165) is 11.8 Å². The second kappa shape index (κ2) is 11.0. The van der Waals surface area contributed by atoms with Crippen molar-refractivity contribution in [1.82, 2.24) is 14.8 Å². The zero-order chi connectivity index (χ0) is 23.1. The van der Waals surface area contributed by atoms with Gasteiger partial charge in [0.25, 0.3) is 0 Å². The Morgan fingerprint density at radius 2 is 2.00 bits per heavy atom. The number of amides is 1. The monoisotopic (exact) mass is 476 g/mol. The summed E-state index contributed by atoms with van der Waals surface area (Å²) in [4.78, 5) is 12.3. The second-order valence-corrected chi connectivity index (χ2v) is 8.02. The van der Waals surface area contributed by atoms with E-state index in [-0.39, 0.29) is 22.4 Å². The fourth-order valence-corrected chi connectivity index (χ4v) is 3.74. The number of hydrogen-bond donors (Lipinski definition) is 1. The van der Waals surface area contributed by atoms with Crippen molar-refractivity contribution in [1.29, 1.82) is 0 Å². The van der Waals surface area contributed by atoms with Gasteiger partial charge >= 0.3 is 0 Å². The minimum atomic E-state index is -0.600. The zero-order valence-electron chi connectivity index (χ0n) is 17.5. The first kappa shape index (κ1) is 23.6. The van der Waals surface area contributed by atoms with E-state index < -0.39 is 11.9 Å². The van der Waals surface area contributed by atoms with E-state index in [0.29, 0.717) is 23.3 Å². The maximum absolute atomic E-state index is 13.9. The molecule has 1 aromatic heterocycles. The Bertz CT molecular complexity index is 1090. The second-order valence-electron chi connectivity index (χ2n) is 6.64. The van der Waals surface area contributed by atoms with Gasteiger partial charge in [0.15, 0.2) is 17.1 Å². The number of carbonyl (C=O) groups excluding carboxylic acids is 1. The fraction of sp³-hybridized carbons (Fsp3) is 0.227. The molecular weight excluding hydrogens is 455 g/mol. The molecule has 3 rings (SSSR count). The average Bonchev–Trinajstić information content (AvgIpc) is 3.18. The molecule has 2 aromatic carbocycles. The van der Waals surface area contributed by atoms with Crippen LogP contribution in [-0.2, 0) is 11.3 Å². The van der Waals surface area contributed by atoms with Gasteiger partial charge in [-0.15, -0.1) is 16.8 Å². The van der Waals surface area contributed by atoms with E-state index in [9.17, 15) is 9.18 Å². The standard InChI is InChI=1S/C22H22ClFN4O3S/c1-4-11-28-21(14(2)31-17-8-6-16(30-3)7-9-17)26-27-22(28)32-13-20(29)25-19-10-5-15(23)12-18(19)24/h4-10,12,14H,1,11,13H2,2-3H3,(H,25,29). The first-order valence-electron chi connectivity index (χ1n) is 9.63. The molecule has 1 unspecified atom stereocenters. The molecule has 3 aromatic rings. The molecule has 32 heavy (non-hydrogen) atoms. The number of benzene rings is 2. The van der Waals surface area contributed by atoms with Gasteiger partial charge in [0, 0.05) is 11.6 Å². The molecule has 0 aliphatic heterocycles. The number of carbonyl (C=O) groups is 1. The lowest BCUT2D eigenvalue weighted by Gasteiger charge is -2.16. The van der Waals surface area contributed by atoms with Crippen LogP contribution in [0.3, 0.4) is 0 Å². The first-order valence-corrected chi connectivity index (χ1v) is 11.0. The number of hydrogen-bond acceptors (Lipinski definition) is 6. The van der Waals surface area contributed by atoms with Crippen molar-refractivity contribution in [3.8, 4) is 11.5 Å². The molecule has 10 heteroatoms. The molecule has 1 amide bonds. The van der Waals surface area contributed by atoms with E-state index in [4.69, 9.17) is 21.1 Å². The Kier molecular flexibility index (Phi) is 8.13.